The number of carbonyl (C=O) groups excluding carboxylic acids is 1. The van der Waals surface area contributed by atoms with Crippen molar-refractivity contribution in [3.63, 3.8) is 0 Å². The third-order valence-corrected chi connectivity index (χ3v) is 7.47. The largest absolute Gasteiger partial charge is 0.488 e. The first-order chi connectivity index (χ1) is 17.6. The number of piperidine rings is 1. The second-order valence-corrected chi connectivity index (χ2v) is 10.2. The second-order valence-electron chi connectivity index (χ2n) is 10.2. The van der Waals surface area contributed by atoms with Crippen LogP contribution in [0.25, 0.3) is 10.9 Å². The van der Waals surface area contributed by atoms with Crippen molar-refractivity contribution in [1.29, 1.82) is 0 Å². The summed E-state index contributed by atoms with van der Waals surface area (Å²) < 4.78 is 16.6. The molecule has 4 heterocycles. The number of furan rings is 1. The van der Waals surface area contributed by atoms with Crippen molar-refractivity contribution >= 4 is 17.0 Å². The van der Waals surface area contributed by atoms with Gasteiger partial charge in [0.2, 0.25) is 5.88 Å². The average molecular weight is 495 g/mol. The highest BCUT2D eigenvalue weighted by molar-refractivity contribution is 5.88. The summed E-state index contributed by atoms with van der Waals surface area (Å²) in [5.74, 6) is 1.13. The van der Waals surface area contributed by atoms with E-state index in [2.05, 4.69) is 27.0 Å². The molecule has 0 unspecified atom stereocenters. The number of fused-ring (bicyclic) bond motifs is 1. The molecule has 0 spiro atoms. The molecule has 2 aliphatic heterocycles. The predicted molar refractivity (Wildman–Crippen MR) is 139 cm³/mol. The molecule has 0 bridgehead atoms. The number of amides is 1. The minimum Gasteiger partial charge on any atom is -0.488 e. The van der Waals surface area contributed by atoms with Gasteiger partial charge in [0.25, 0.3) is 0 Å². The molecular formula is C28H38N4O4. The smallest absolute Gasteiger partial charge is 0.414 e. The van der Waals surface area contributed by atoms with E-state index in [-0.39, 0.29) is 6.04 Å². The van der Waals surface area contributed by atoms with Crippen LogP contribution in [0.15, 0.2) is 47.3 Å². The molecule has 5 rings (SSSR count). The SMILES string of the molecule is C[C@H](CN1CCC(NC(=O)Oc2cc3c(OCc4ccoc4)cccc3[nH]2)CC1)N1CCCCCC1. The molecule has 1 amide bonds. The van der Waals surface area contributed by atoms with Gasteiger partial charge in [0, 0.05) is 48.7 Å². The molecule has 194 valence electrons. The molecule has 2 saturated heterocycles. The maximum absolute atomic E-state index is 12.6. The van der Waals surface area contributed by atoms with Crippen LogP contribution < -0.4 is 14.8 Å². The van der Waals surface area contributed by atoms with Gasteiger partial charge >= 0.3 is 6.09 Å². The Morgan fingerprint density at radius 2 is 1.94 bits per heavy atom. The fourth-order valence-corrected chi connectivity index (χ4v) is 5.40. The van der Waals surface area contributed by atoms with E-state index in [9.17, 15) is 4.79 Å². The lowest BCUT2D eigenvalue weighted by molar-refractivity contribution is 0.125. The van der Waals surface area contributed by atoms with E-state index in [1.54, 1.807) is 12.5 Å². The molecule has 8 nitrogen and oxygen atoms in total. The minimum atomic E-state index is -0.418. The van der Waals surface area contributed by atoms with Crippen LogP contribution >= 0.6 is 0 Å². The van der Waals surface area contributed by atoms with Crippen molar-refractivity contribution in [1.82, 2.24) is 20.1 Å². The molecule has 2 fully saturated rings. The Labute approximate surface area is 212 Å². The van der Waals surface area contributed by atoms with Crippen molar-refractivity contribution < 1.29 is 18.7 Å². The summed E-state index contributed by atoms with van der Waals surface area (Å²) in [6.45, 7) is 8.36. The Balaban J connectivity index is 1.08. The van der Waals surface area contributed by atoms with Crippen LogP contribution in [0.4, 0.5) is 4.79 Å². The number of nitrogens with one attached hydrogen (secondary N) is 2. The number of ether oxygens (including phenoxy) is 2. The lowest BCUT2D eigenvalue weighted by Gasteiger charge is -2.36. The van der Waals surface area contributed by atoms with Gasteiger partial charge in [0.1, 0.15) is 12.4 Å². The van der Waals surface area contributed by atoms with Crippen LogP contribution in [0.5, 0.6) is 11.6 Å². The van der Waals surface area contributed by atoms with E-state index >= 15 is 0 Å². The summed E-state index contributed by atoms with van der Waals surface area (Å²) in [5.41, 5.74) is 1.81. The molecule has 1 atom stereocenters. The topological polar surface area (TPSA) is 83.0 Å². The predicted octanol–water partition coefficient (Wildman–Crippen LogP) is 5.16. The summed E-state index contributed by atoms with van der Waals surface area (Å²) >= 11 is 0. The molecule has 0 saturated carbocycles. The van der Waals surface area contributed by atoms with Crippen molar-refractivity contribution in [2.45, 2.75) is 64.1 Å². The molecule has 2 aromatic heterocycles. The lowest BCUT2D eigenvalue weighted by Crippen LogP contribution is -2.49. The first-order valence-electron chi connectivity index (χ1n) is 13.3. The van der Waals surface area contributed by atoms with Crippen molar-refractivity contribution in [3.8, 4) is 11.6 Å². The Kier molecular flexibility index (Phi) is 8.13. The number of benzene rings is 1. The van der Waals surface area contributed by atoms with Gasteiger partial charge in [0.15, 0.2) is 0 Å². The first kappa shape index (κ1) is 24.7. The van der Waals surface area contributed by atoms with E-state index in [4.69, 9.17) is 13.9 Å². The standard InChI is InChI=1S/C28H38N4O4/c1-21(32-12-4-2-3-5-13-32)18-31-14-9-23(10-15-31)29-28(33)36-27-17-24-25(30-27)7-6-8-26(24)35-20-22-11-16-34-19-22/h6-8,11,16-17,19,21,23,30H,2-5,9-10,12-15,18,20H2,1H3,(H,29,33)/t21-/m1/s1. The number of H-pyrrole nitrogens is 1. The Bertz CT molecular complexity index is 1100. The number of likely N-dealkylation sites (tertiary alicyclic amines) is 2. The number of hydrogen-bond donors (Lipinski definition) is 2. The maximum atomic E-state index is 12.6. The van der Waals surface area contributed by atoms with Gasteiger partial charge < -0.3 is 29.1 Å². The Morgan fingerprint density at radius 3 is 2.69 bits per heavy atom. The molecule has 0 aliphatic carbocycles. The van der Waals surface area contributed by atoms with Crippen LogP contribution in [-0.4, -0.2) is 65.7 Å². The minimum absolute atomic E-state index is 0.139. The van der Waals surface area contributed by atoms with Gasteiger partial charge in [-0.3, -0.25) is 4.90 Å². The van der Waals surface area contributed by atoms with Crippen molar-refractivity contribution in [2.24, 2.45) is 0 Å². The number of aromatic amines is 1. The lowest BCUT2D eigenvalue weighted by atomic mass is 10.0. The van der Waals surface area contributed by atoms with E-state index < -0.39 is 6.09 Å². The maximum Gasteiger partial charge on any atom is 0.414 e. The highest BCUT2D eigenvalue weighted by Crippen LogP contribution is 2.30. The highest BCUT2D eigenvalue weighted by atomic mass is 16.6. The molecule has 36 heavy (non-hydrogen) atoms. The molecule has 2 aliphatic rings. The summed E-state index contributed by atoms with van der Waals surface area (Å²) in [5, 5.41) is 3.93. The number of nitrogens with zero attached hydrogens (tertiary/aromatic N) is 2. The third-order valence-electron chi connectivity index (χ3n) is 7.47. The highest BCUT2D eigenvalue weighted by Gasteiger charge is 2.24. The number of carbonyl (C=O) groups is 1. The molecular weight excluding hydrogens is 456 g/mol. The normalized spacial score (nSPS) is 19.1. The summed E-state index contributed by atoms with van der Waals surface area (Å²) in [6.07, 6.45) is 10.2. The third kappa shape index (κ3) is 6.42. The van der Waals surface area contributed by atoms with Crippen LogP contribution in [0.3, 0.4) is 0 Å². The quantitative estimate of drug-likeness (QED) is 0.450. The van der Waals surface area contributed by atoms with Gasteiger partial charge in [-0.2, -0.15) is 0 Å². The molecule has 0 radical (unpaired) electrons. The summed E-state index contributed by atoms with van der Waals surface area (Å²) in [4.78, 5) is 21.0. The molecule has 8 heteroatoms. The van der Waals surface area contributed by atoms with Gasteiger partial charge in [0.05, 0.1) is 18.0 Å². The number of rotatable bonds is 8. The van der Waals surface area contributed by atoms with E-state index in [1.165, 1.54) is 38.8 Å². The van der Waals surface area contributed by atoms with E-state index in [0.717, 1.165) is 54.7 Å². The summed E-state index contributed by atoms with van der Waals surface area (Å²) in [6, 6.07) is 10.2. The zero-order valence-corrected chi connectivity index (χ0v) is 21.2. The van der Waals surface area contributed by atoms with E-state index in [0.29, 0.717) is 18.5 Å². The van der Waals surface area contributed by atoms with Gasteiger partial charge in [-0.05, 0) is 63.9 Å². The van der Waals surface area contributed by atoms with Crippen LogP contribution in [0, 0.1) is 0 Å². The summed E-state index contributed by atoms with van der Waals surface area (Å²) in [7, 11) is 0. The van der Waals surface area contributed by atoms with Crippen LogP contribution in [-0.2, 0) is 6.61 Å². The Hall–Kier alpha value is -2.97. The van der Waals surface area contributed by atoms with Crippen molar-refractivity contribution in [3.05, 3.63) is 48.4 Å². The van der Waals surface area contributed by atoms with Crippen molar-refractivity contribution in [2.75, 3.05) is 32.7 Å². The number of aromatic nitrogens is 1. The Morgan fingerprint density at radius 1 is 1.14 bits per heavy atom. The second kappa shape index (κ2) is 11.8. The molecule has 3 aromatic rings. The monoisotopic (exact) mass is 494 g/mol. The fraction of sp³-hybridized carbons (Fsp3) is 0.536. The average Bonchev–Trinajstić information content (AvgIpc) is 3.46. The zero-order chi connectivity index (χ0) is 24.7. The van der Waals surface area contributed by atoms with Gasteiger partial charge in [-0.1, -0.05) is 18.9 Å². The zero-order valence-electron chi connectivity index (χ0n) is 21.2. The number of hydrogen-bond acceptors (Lipinski definition) is 6. The molecule has 1 aromatic carbocycles. The van der Waals surface area contributed by atoms with E-state index in [1.807, 2.05) is 30.3 Å². The van der Waals surface area contributed by atoms with Gasteiger partial charge in [-0.25, -0.2) is 4.79 Å². The van der Waals surface area contributed by atoms with Crippen LogP contribution in [0.1, 0.15) is 51.0 Å². The van der Waals surface area contributed by atoms with Gasteiger partial charge in [-0.15, -0.1) is 0 Å². The first-order valence-corrected chi connectivity index (χ1v) is 13.3. The fourth-order valence-electron chi connectivity index (χ4n) is 5.40. The molecule has 2 N–H and O–H groups in total. The van der Waals surface area contributed by atoms with Crippen LogP contribution in [0.2, 0.25) is 0 Å².